The minimum Gasteiger partial charge on any atom is -0.493 e. The molecule has 0 aliphatic heterocycles. The summed E-state index contributed by atoms with van der Waals surface area (Å²) >= 11 is 0. The predicted octanol–water partition coefficient (Wildman–Crippen LogP) is 4.35. The van der Waals surface area contributed by atoms with E-state index in [1.807, 2.05) is 12.1 Å². The van der Waals surface area contributed by atoms with Crippen LogP contribution in [0.25, 0.3) is 10.9 Å². The first-order valence-electron chi connectivity index (χ1n) is 9.72. The average molecular weight is 380 g/mol. The fraction of sp³-hybridized carbons (Fsp3) is 0.381. The highest BCUT2D eigenvalue weighted by Gasteiger charge is 2.10. The lowest BCUT2D eigenvalue weighted by molar-refractivity contribution is 0.451. The van der Waals surface area contributed by atoms with Crippen LogP contribution in [0.4, 0.5) is 11.6 Å². The Morgan fingerprint density at radius 2 is 1.89 bits per heavy atom. The molecule has 0 saturated heterocycles. The summed E-state index contributed by atoms with van der Waals surface area (Å²) in [5.74, 6) is 0.480. The van der Waals surface area contributed by atoms with E-state index in [1.54, 1.807) is 6.21 Å². The normalized spacial score (nSPS) is 11.4. The zero-order valence-electron chi connectivity index (χ0n) is 17.0. The lowest BCUT2D eigenvalue weighted by Crippen LogP contribution is -2.27. The molecule has 0 aliphatic carbocycles. The number of hydrazone groups is 1. The smallest absolute Gasteiger partial charge is 0.229 e. The molecule has 0 atom stereocenters. The van der Waals surface area contributed by atoms with Crippen LogP contribution in [-0.4, -0.2) is 39.4 Å². The standard InChI is InChI=1S/C21H28N6O/c1-5-9-27(10-6-2)21-24-17(12-20(28)25-21)13-22-26-16-7-8-19-18(11-16)14(3)15(4)23-19/h7-8,11-13,23,26H,5-6,9-10H2,1-4H3,(H,24,25,28)/b22-13+. The van der Waals surface area contributed by atoms with Crippen molar-refractivity contribution in [3.05, 3.63) is 41.2 Å². The minimum absolute atomic E-state index is 0.0523. The third kappa shape index (κ3) is 4.42. The molecular weight excluding hydrogens is 352 g/mol. The van der Waals surface area contributed by atoms with Gasteiger partial charge in [-0.05, 0) is 50.5 Å². The van der Waals surface area contributed by atoms with Crippen molar-refractivity contribution in [2.45, 2.75) is 40.5 Å². The number of anilines is 2. The Bertz CT molecular complexity index is 972. The van der Waals surface area contributed by atoms with Crippen LogP contribution in [0.5, 0.6) is 5.88 Å². The number of aromatic amines is 1. The summed E-state index contributed by atoms with van der Waals surface area (Å²) in [6.45, 7) is 10.1. The largest absolute Gasteiger partial charge is 0.493 e. The van der Waals surface area contributed by atoms with E-state index in [2.05, 4.69) is 64.1 Å². The van der Waals surface area contributed by atoms with Gasteiger partial charge in [-0.2, -0.15) is 10.1 Å². The molecule has 0 unspecified atom stereocenters. The Morgan fingerprint density at radius 3 is 2.61 bits per heavy atom. The number of nitrogens with one attached hydrogen (secondary N) is 2. The minimum atomic E-state index is -0.0523. The average Bonchev–Trinajstić information content (AvgIpc) is 2.95. The molecule has 0 spiro atoms. The number of aryl methyl sites for hydroxylation is 2. The van der Waals surface area contributed by atoms with Gasteiger partial charge in [0, 0.05) is 35.8 Å². The van der Waals surface area contributed by atoms with Gasteiger partial charge in [0.15, 0.2) is 0 Å². The summed E-state index contributed by atoms with van der Waals surface area (Å²) in [6.07, 6.45) is 3.58. The van der Waals surface area contributed by atoms with Crippen LogP contribution in [0.2, 0.25) is 0 Å². The molecule has 2 heterocycles. The second kappa shape index (κ2) is 8.73. The third-order valence-corrected chi connectivity index (χ3v) is 4.69. The van der Waals surface area contributed by atoms with Crippen molar-refractivity contribution in [1.82, 2.24) is 15.0 Å². The number of benzene rings is 1. The number of rotatable bonds is 8. The topological polar surface area (TPSA) is 89.4 Å². The number of hydrogen-bond donors (Lipinski definition) is 3. The van der Waals surface area contributed by atoms with Crippen LogP contribution in [0.3, 0.4) is 0 Å². The Balaban J connectivity index is 1.77. The summed E-state index contributed by atoms with van der Waals surface area (Å²) in [5, 5.41) is 15.4. The fourth-order valence-electron chi connectivity index (χ4n) is 3.20. The fourth-order valence-corrected chi connectivity index (χ4v) is 3.20. The van der Waals surface area contributed by atoms with Gasteiger partial charge in [-0.15, -0.1) is 0 Å². The van der Waals surface area contributed by atoms with Crippen molar-refractivity contribution in [3.63, 3.8) is 0 Å². The van der Waals surface area contributed by atoms with Crippen LogP contribution in [-0.2, 0) is 0 Å². The quantitative estimate of drug-likeness (QED) is 0.399. The second-order valence-corrected chi connectivity index (χ2v) is 6.94. The van der Waals surface area contributed by atoms with Crippen molar-refractivity contribution < 1.29 is 5.11 Å². The molecule has 3 rings (SSSR count). The van der Waals surface area contributed by atoms with Gasteiger partial charge in [0.05, 0.1) is 17.6 Å². The highest BCUT2D eigenvalue weighted by atomic mass is 16.3. The second-order valence-electron chi connectivity index (χ2n) is 6.94. The molecular formula is C21H28N6O. The van der Waals surface area contributed by atoms with Gasteiger partial charge in [-0.25, -0.2) is 4.98 Å². The van der Waals surface area contributed by atoms with Crippen LogP contribution in [0.1, 0.15) is 43.6 Å². The summed E-state index contributed by atoms with van der Waals surface area (Å²) in [7, 11) is 0. The van der Waals surface area contributed by atoms with Crippen LogP contribution in [0.15, 0.2) is 29.4 Å². The lowest BCUT2D eigenvalue weighted by atomic mass is 10.1. The Kier molecular flexibility index (Phi) is 6.13. The van der Waals surface area contributed by atoms with E-state index in [4.69, 9.17) is 0 Å². The molecule has 2 aromatic heterocycles. The number of aromatic nitrogens is 3. The maximum Gasteiger partial charge on any atom is 0.229 e. The van der Waals surface area contributed by atoms with Gasteiger partial charge in [0.25, 0.3) is 0 Å². The van der Waals surface area contributed by atoms with E-state index in [0.717, 1.165) is 37.1 Å². The number of hydrogen-bond acceptors (Lipinski definition) is 6. The molecule has 1 aromatic carbocycles. The molecule has 28 heavy (non-hydrogen) atoms. The zero-order chi connectivity index (χ0) is 20.1. The summed E-state index contributed by atoms with van der Waals surface area (Å²) in [5.41, 5.74) is 8.01. The van der Waals surface area contributed by atoms with Crippen LogP contribution in [0, 0.1) is 13.8 Å². The van der Waals surface area contributed by atoms with Gasteiger partial charge in [-0.3, -0.25) is 5.43 Å². The Morgan fingerprint density at radius 1 is 1.14 bits per heavy atom. The van der Waals surface area contributed by atoms with Gasteiger partial charge >= 0.3 is 0 Å². The van der Waals surface area contributed by atoms with Crippen molar-refractivity contribution in [2.24, 2.45) is 5.10 Å². The van der Waals surface area contributed by atoms with Crippen LogP contribution < -0.4 is 10.3 Å². The zero-order valence-corrected chi connectivity index (χ0v) is 17.0. The molecule has 0 aliphatic rings. The van der Waals surface area contributed by atoms with E-state index in [-0.39, 0.29) is 5.88 Å². The lowest BCUT2D eigenvalue weighted by Gasteiger charge is -2.21. The highest BCUT2D eigenvalue weighted by molar-refractivity contribution is 5.87. The molecule has 0 bridgehead atoms. The predicted molar refractivity (Wildman–Crippen MR) is 115 cm³/mol. The Hall–Kier alpha value is -3.09. The van der Waals surface area contributed by atoms with Crippen molar-refractivity contribution >= 4 is 28.8 Å². The first-order valence-corrected chi connectivity index (χ1v) is 9.72. The molecule has 0 amide bonds. The molecule has 0 radical (unpaired) electrons. The van der Waals surface area contributed by atoms with E-state index in [1.165, 1.54) is 22.7 Å². The van der Waals surface area contributed by atoms with Gasteiger partial charge in [0.1, 0.15) is 0 Å². The molecule has 3 aromatic rings. The molecule has 7 nitrogen and oxygen atoms in total. The summed E-state index contributed by atoms with van der Waals surface area (Å²) in [4.78, 5) is 14.1. The van der Waals surface area contributed by atoms with Crippen LogP contribution >= 0.6 is 0 Å². The van der Waals surface area contributed by atoms with E-state index in [9.17, 15) is 5.11 Å². The van der Waals surface area contributed by atoms with Crippen molar-refractivity contribution in [2.75, 3.05) is 23.4 Å². The highest BCUT2D eigenvalue weighted by Crippen LogP contribution is 2.24. The van der Waals surface area contributed by atoms with Crippen molar-refractivity contribution in [1.29, 1.82) is 0 Å². The molecule has 7 heteroatoms. The van der Waals surface area contributed by atoms with Crippen molar-refractivity contribution in [3.8, 4) is 5.88 Å². The molecule has 3 N–H and O–H groups in total. The van der Waals surface area contributed by atoms with Gasteiger partial charge < -0.3 is 15.0 Å². The van der Waals surface area contributed by atoms with E-state index in [0.29, 0.717) is 11.6 Å². The summed E-state index contributed by atoms with van der Waals surface area (Å²) < 4.78 is 0. The molecule has 148 valence electrons. The Labute approximate surface area is 165 Å². The first-order chi connectivity index (χ1) is 13.5. The number of aromatic hydroxyl groups is 1. The maximum atomic E-state index is 9.98. The monoisotopic (exact) mass is 380 g/mol. The van der Waals surface area contributed by atoms with E-state index >= 15 is 0 Å². The maximum absolute atomic E-state index is 9.98. The SMILES string of the molecule is CCCN(CCC)c1nc(O)cc(/C=N/Nc2ccc3[nH]c(C)c(C)c3c2)n1. The van der Waals surface area contributed by atoms with E-state index < -0.39 is 0 Å². The van der Waals surface area contributed by atoms with Gasteiger partial charge in [-0.1, -0.05) is 13.8 Å². The number of nitrogens with zero attached hydrogens (tertiary/aromatic N) is 4. The summed E-state index contributed by atoms with van der Waals surface area (Å²) in [6, 6.07) is 7.59. The third-order valence-electron chi connectivity index (χ3n) is 4.69. The number of fused-ring (bicyclic) bond motifs is 1. The van der Waals surface area contributed by atoms with Gasteiger partial charge in [0.2, 0.25) is 11.8 Å². The molecule has 0 fully saturated rings. The first kappa shape index (κ1) is 19.7. The molecule has 0 saturated carbocycles. The number of H-pyrrole nitrogens is 1.